The molecule has 122 valence electrons. The number of nitrogens with zero attached hydrogens (tertiary/aromatic N) is 3. The highest BCUT2D eigenvalue weighted by atomic mass is 16.5. The zero-order chi connectivity index (χ0) is 16.4. The zero-order valence-corrected chi connectivity index (χ0v) is 13.2. The summed E-state index contributed by atoms with van der Waals surface area (Å²) in [7, 11) is 0. The van der Waals surface area contributed by atoms with Crippen LogP contribution in [0.4, 0.5) is 5.69 Å². The van der Waals surface area contributed by atoms with Crippen molar-refractivity contribution < 1.29 is 13.9 Å². The first kappa shape index (κ1) is 15.5. The van der Waals surface area contributed by atoms with E-state index < -0.39 is 0 Å². The van der Waals surface area contributed by atoms with E-state index in [-0.39, 0.29) is 18.1 Å². The molecular formula is C16H20N4O3. The molecule has 3 rings (SSSR count). The van der Waals surface area contributed by atoms with Crippen LogP contribution in [0.1, 0.15) is 35.9 Å². The Kier molecular flexibility index (Phi) is 4.29. The fourth-order valence-electron chi connectivity index (χ4n) is 2.52. The molecule has 0 radical (unpaired) electrons. The molecule has 0 aromatic carbocycles. The van der Waals surface area contributed by atoms with Gasteiger partial charge in [-0.3, -0.25) is 9.78 Å². The van der Waals surface area contributed by atoms with Crippen molar-refractivity contribution in [3.8, 4) is 0 Å². The number of morpholine rings is 1. The first-order chi connectivity index (χ1) is 11.0. The van der Waals surface area contributed by atoms with Crippen LogP contribution in [-0.2, 0) is 11.2 Å². The number of pyridine rings is 1. The molecule has 7 nitrogen and oxygen atoms in total. The van der Waals surface area contributed by atoms with Crippen LogP contribution in [0.3, 0.4) is 0 Å². The van der Waals surface area contributed by atoms with Crippen molar-refractivity contribution in [1.29, 1.82) is 0 Å². The average molecular weight is 316 g/mol. The van der Waals surface area contributed by atoms with Crippen LogP contribution in [0.25, 0.3) is 0 Å². The van der Waals surface area contributed by atoms with Gasteiger partial charge in [0.25, 0.3) is 5.91 Å². The standard InChI is InChI=1S/C16H20N4O3/c1-10-8-22-11(2)7-20(10)16(21)14-9-23-15(19-14)5-13-4-3-12(17)6-18-13/h3-4,6,9-11H,5,7-8,17H2,1-2H3/t10-,11-/m0/s1. The van der Waals surface area contributed by atoms with Crippen LogP contribution >= 0.6 is 0 Å². The van der Waals surface area contributed by atoms with Crippen molar-refractivity contribution in [3.63, 3.8) is 0 Å². The number of nitrogens with two attached hydrogens (primary N) is 1. The molecule has 7 heteroatoms. The highest BCUT2D eigenvalue weighted by molar-refractivity contribution is 5.92. The lowest BCUT2D eigenvalue weighted by molar-refractivity contribution is -0.0389. The van der Waals surface area contributed by atoms with E-state index in [1.165, 1.54) is 6.26 Å². The lowest BCUT2D eigenvalue weighted by Crippen LogP contribution is -2.50. The molecule has 3 heterocycles. The highest BCUT2D eigenvalue weighted by Gasteiger charge is 2.29. The second-order valence-corrected chi connectivity index (χ2v) is 5.84. The number of hydrogen-bond donors (Lipinski definition) is 1. The van der Waals surface area contributed by atoms with Gasteiger partial charge in [0.15, 0.2) is 5.69 Å². The SMILES string of the molecule is C[C@H]1CN(C(=O)c2coc(Cc3ccc(N)cn3)n2)[C@@H](C)CO1. The number of amides is 1. The van der Waals surface area contributed by atoms with Gasteiger partial charge in [-0.25, -0.2) is 4.98 Å². The Morgan fingerprint density at radius 3 is 3.00 bits per heavy atom. The van der Waals surface area contributed by atoms with Crippen LogP contribution in [-0.4, -0.2) is 46.1 Å². The van der Waals surface area contributed by atoms with Crippen molar-refractivity contribution in [3.05, 3.63) is 41.9 Å². The van der Waals surface area contributed by atoms with Crippen LogP contribution in [0.5, 0.6) is 0 Å². The smallest absolute Gasteiger partial charge is 0.276 e. The maximum atomic E-state index is 12.6. The van der Waals surface area contributed by atoms with Gasteiger partial charge in [0, 0.05) is 12.2 Å². The molecule has 0 unspecified atom stereocenters. The molecule has 23 heavy (non-hydrogen) atoms. The highest BCUT2D eigenvalue weighted by Crippen LogP contribution is 2.16. The second-order valence-electron chi connectivity index (χ2n) is 5.84. The van der Waals surface area contributed by atoms with E-state index >= 15 is 0 Å². The van der Waals surface area contributed by atoms with Gasteiger partial charge < -0.3 is 19.8 Å². The van der Waals surface area contributed by atoms with Gasteiger partial charge in [-0.1, -0.05) is 0 Å². The molecule has 1 fully saturated rings. The number of anilines is 1. The first-order valence-electron chi connectivity index (χ1n) is 7.60. The van der Waals surface area contributed by atoms with E-state index in [4.69, 9.17) is 14.9 Å². The number of rotatable bonds is 3. The molecule has 2 aromatic heterocycles. The Morgan fingerprint density at radius 1 is 1.43 bits per heavy atom. The number of hydrogen-bond acceptors (Lipinski definition) is 6. The van der Waals surface area contributed by atoms with E-state index in [0.717, 1.165) is 5.69 Å². The van der Waals surface area contributed by atoms with Gasteiger partial charge in [0.2, 0.25) is 5.89 Å². The van der Waals surface area contributed by atoms with Crippen molar-refractivity contribution in [2.75, 3.05) is 18.9 Å². The lowest BCUT2D eigenvalue weighted by Gasteiger charge is -2.36. The van der Waals surface area contributed by atoms with Crippen molar-refractivity contribution >= 4 is 11.6 Å². The monoisotopic (exact) mass is 316 g/mol. The second kappa shape index (κ2) is 6.37. The Balaban J connectivity index is 1.70. The molecule has 2 atom stereocenters. The lowest BCUT2D eigenvalue weighted by atomic mass is 10.2. The van der Waals surface area contributed by atoms with Crippen LogP contribution < -0.4 is 5.73 Å². The fourth-order valence-corrected chi connectivity index (χ4v) is 2.52. The molecule has 0 aliphatic carbocycles. The van der Waals surface area contributed by atoms with Crippen LogP contribution in [0.15, 0.2) is 29.0 Å². The minimum absolute atomic E-state index is 0.0256. The fraction of sp³-hybridized carbons (Fsp3) is 0.438. The summed E-state index contributed by atoms with van der Waals surface area (Å²) in [5.74, 6) is 0.326. The van der Waals surface area contributed by atoms with E-state index in [1.54, 1.807) is 17.2 Å². The third-order valence-electron chi connectivity index (χ3n) is 3.82. The summed E-state index contributed by atoms with van der Waals surface area (Å²) in [6.45, 7) is 5.00. The Labute approximate surface area is 134 Å². The van der Waals surface area contributed by atoms with Crippen LogP contribution in [0, 0.1) is 0 Å². The molecule has 1 saturated heterocycles. The quantitative estimate of drug-likeness (QED) is 0.922. The maximum Gasteiger partial charge on any atom is 0.276 e. The third kappa shape index (κ3) is 3.50. The summed E-state index contributed by atoms with van der Waals surface area (Å²) in [6.07, 6.45) is 3.44. The van der Waals surface area contributed by atoms with Gasteiger partial charge in [0.05, 0.1) is 37.1 Å². The minimum atomic E-state index is -0.132. The van der Waals surface area contributed by atoms with E-state index in [1.807, 2.05) is 19.9 Å². The summed E-state index contributed by atoms with van der Waals surface area (Å²) in [5.41, 5.74) is 7.31. The molecule has 0 saturated carbocycles. The topological polar surface area (TPSA) is 94.5 Å². The summed E-state index contributed by atoms with van der Waals surface area (Å²) < 4.78 is 11.0. The molecule has 0 bridgehead atoms. The Morgan fingerprint density at radius 2 is 2.26 bits per heavy atom. The molecule has 1 amide bonds. The van der Waals surface area contributed by atoms with Gasteiger partial charge in [-0.15, -0.1) is 0 Å². The van der Waals surface area contributed by atoms with Crippen molar-refractivity contribution in [1.82, 2.24) is 14.9 Å². The Bertz CT molecular complexity index is 683. The summed E-state index contributed by atoms with van der Waals surface area (Å²) >= 11 is 0. The maximum absolute atomic E-state index is 12.6. The van der Waals surface area contributed by atoms with Crippen molar-refractivity contribution in [2.24, 2.45) is 0 Å². The van der Waals surface area contributed by atoms with Crippen LogP contribution in [0.2, 0.25) is 0 Å². The third-order valence-corrected chi connectivity index (χ3v) is 3.82. The molecule has 2 N–H and O–H groups in total. The zero-order valence-electron chi connectivity index (χ0n) is 13.2. The number of aromatic nitrogens is 2. The number of ether oxygens (including phenoxy) is 1. The number of nitrogen functional groups attached to an aromatic ring is 1. The minimum Gasteiger partial charge on any atom is -0.448 e. The van der Waals surface area contributed by atoms with Gasteiger partial charge in [0.1, 0.15) is 6.26 Å². The predicted octanol–water partition coefficient (Wildman–Crippen LogP) is 1.49. The summed E-state index contributed by atoms with van der Waals surface area (Å²) in [4.78, 5) is 22.9. The van der Waals surface area contributed by atoms with Gasteiger partial charge >= 0.3 is 0 Å². The van der Waals surface area contributed by atoms with Gasteiger partial charge in [-0.05, 0) is 26.0 Å². The van der Waals surface area contributed by atoms with E-state index in [9.17, 15) is 4.79 Å². The number of carbonyl (C=O) groups excluding carboxylic acids is 1. The normalized spacial score (nSPS) is 21.4. The number of oxazole rings is 1. The largest absolute Gasteiger partial charge is 0.448 e. The van der Waals surface area contributed by atoms with E-state index in [0.29, 0.717) is 36.8 Å². The van der Waals surface area contributed by atoms with E-state index in [2.05, 4.69) is 9.97 Å². The number of carbonyl (C=O) groups is 1. The summed E-state index contributed by atoms with van der Waals surface area (Å²) in [5, 5.41) is 0. The predicted molar refractivity (Wildman–Crippen MR) is 83.9 cm³/mol. The molecule has 0 spiro atoms. The molecule has 2 aromatic rings. The molecule has 1 aliphatic heterocycles. The average Bonchev–Trinajstić information content (AvgIpc) is 3.00. The molecule has 1 aliphatic rings. The first-order valence-corrected chi connectivity index (χ1v) is 7.60. The Hall–Kier alpha value is -2.41. The summed E-state index contributed by atoms with van der Waals surface area (Å²) in [6, 6.07) is 3.61. The van der Waals surface area contributed by atoms with Crippen molar-refractivity contribution in [2.45, 2.75) is 32.4 Å². The molecular weight excluding hydrogens is 296 g/mol. The van der Waals surface area contributed by atoms with Gasteiger partial charge in [-0.2, -0.15) is 0 Å².